The largest absolute Gasteiger partial charge is 0.497 e. The van der Waals surface area contributed by atoms with Crippen LogP contribution < -0.4 is 20.5 Å². The Balaban J connectivity index is 0.00000312. The van der Waals surface area contributed by atoms with Gasteiger partial charge in [-0.05, 0) is 43.7 Å². The third-order valence-corrected chi connectivity index (χ3v) is 4.65. The molecule has 0 radical (unpaired) electrons. The molecule has 1 aromatic carbocycles. The van der Waals surface area contributed by atoms with Gasteiger partial charge in [-0.2, -0.15) is 0 Å². The van der Waals surface area contributed by atoms with Crippen molar-refractivity contribution in [1.29, 1.82) is 0 Å². The molecule has 2 rings (SSSR count). The van der Waals surface area contributed by atoms with Gasteiger partial charge in [0.25, 0.3) is 0 Å². The van der Waals surface area contributed by atoms with Gasteiger partial charge in [0.15, 0.2) is 5.96 Å². The van der Waals surface area contributed by atoms with Crippen LogP contribution in [0, 0.1) is 5.41 Å². The normalized spacial score (nSPS) is 15.7. The summed E-state index contributed by atoms with van der Waals surface area (Å²) in [5.74, 6) is 1.83. The fourth-order valence-electron chi connectivity index (χ4n) is 2.94. The van der Waals surface area contributed by atoms with Gasteiger partial charge in [0.1, 0.15) is 11.5 Å². The molecule has 1 aromatic rings. The predicted octanol–water partition coefficient (Wildman–Crippen LogP) is 3.65. The maximum absolute atomic E-state index is 6.07. The SMILES string of the molecule is CCOCCC1(CN=C(N)Nc2cc(OC)ccc2OC)CCC1.I. The standard InChI is InChI=1S/C18H29N3O3.HI/c1-4-24-11-10-18(8-5-9-18)13-20-17(19)21-15-12-14(22-2)6-7-16(15)23-3;/h6-7,12H,4-5,8-11,13H2,1-3H3,(H3,19,20,21);1H. The zero-order valence-corrected chi connectivity index (χ0v) is 17.7. The van der Waals surface area contributed by atoms with Crippen molar-refractivity contribution in [3.05, 3.63) is 18.2 Å². The molecule has 0 heterocycles. The van der Waals surface area contributed by atoms with Crippen LogP contribution in [-0.4, -0.2) is 39.9 Å². The smallest absolute Gasteiger partial charge is 0.193 e. The van der Waals surface area contributed by atoms with Crippen molar-refractivity contribution in [2.45, 2.75) is 32.6 Å². The lowest BCUT2D eigenvalue weighted by molar-refractivity contribution is 0.0610. The van der Waals surface area contributed by atoms with Crippen molar-refractivity contribution in [3.63, 3.8) is 0 Å². The molecule has 3 N–H and O–H groups in total. The minimum atomic E-state index is 0. The van der Waals surface area contributed by atoms with Gasteiger partial charge < -0.3 is 25.3 Å². The molecule has 1 saturated carbocycles. The molecule has 0 atom stereocenters. The Hall–Kier alpha value is -1.22. The quantitative estimate of drug-likeness (QED) is 0.253. The molecule has 1 fully saturated rings. The number of anilines is 1. The Morgan fingerprint density at radius 2 is 2.04 bits per heavy atom. The van der Waals surface area contributed by atoms with Gasteiger partial charge in [-0.1, -0.05) is 6.42 Å². The highest BCUT2D eigenvalue weighted by Gasteiger charge is 2.36. The number of hydrogen-bond acceptors (Lipinski definition) is 4. The summed E-state index contributed by atoms with van der Waals surface area (Å²) in [5, 5.41) is 3.12. The number of methoxy groups -OCH3 is 2. The van der Waals surface area contributed by atoms with E-state index in [-0.39, 0.29) is 29.4 Å². The maximum Gasteiger partial charge on any atom is 0.193 e. The number of aliphatic imine (C=N–C) groups is 1. The third kappa shape index (κ3) is 6.22. The monoisotopic (exact) mass is 463 g/mol. The van der Waals surface area contributed by atoms with E-state index in [9.17, 15) is 0 Å². The number of benzene rings is 1. The molecule has 1 aliphatic rings. The maximum atomic E-state index is 6.07. The van der Waals surface area contributed by atoms with E-state index in [1.807, 2.05) is 25.1 Å². The Kier molecular flexibility index (Phi) is 9.34. The van der Waals surface area contributed by atoms with E-state index in [1.54, 1.807) is 14.2 Å². The van der Waals surface area contributed by atoms with Gasteiger partial charge in [-0.3, -0.25) is 4.99 Å². The van der Waals surface area contributed by atoms with Crippen LogP contribution in [0.2, 0.25) is 0 Å². The van der Waals surface area contributed by atoms with E-state index >= 15 is 0 Å². The van der Waals surface area contributed by atoms with E-state index in [4.69, 9.17) is 19.9 Å². The molecule has 0 saturated heterocycles. The minimum Gasteiger partial charge on any atom is -0.497 e. The van der Waals surface area contributed by atoms with Crippen LogP contribution in [0.25, 0.3) is 0 Å². The molecule has 25 heavy (non-hydrogen) atoms. The number of nitrogens with two attached hydrogens (primary N) is 1. The second-order valence-electron chi connectivity index (χ2n) is 6.19. The lowest BCUT2D eigenvalue weighted by Crippen LogP contribution is -2.35. The highest BCUT2D eigenvalue weighted by molar-refractivity contribution is 14.0. The lowest BCUT2D eigenvalue weighted by Gasteiger charge is -2.40. The molecule has 0 aromatic heterocycles. The van der Waals surface area contributed by atoms with E-state index < -0.39 is 0 Å². The van der Waals surface area contributed by atoms with Crippen molar-refractivity contribution < 1.29 is 14.2 Å². The highest BCUT2D eigenvalue weighted by atomic mass is 127. The zero-order valence-electron chi connectivity index (χ0n) is 15.3. The Labute approximate surface area is 167 Å². The Morgan fingerprint density at radius 3 is 2.60 bits per heavy atom. The number of nitrogens with zero attached hydrogens (tertiary/aromatic N) is 1. The summed E-state index contributed by atoms with van der Waals surface area (Å²) < 4.78 is 16.1. The molecule has 7 heteroatoms. The molecule has 1 aliphatic carbocycles. The van der Waals surface area contributed by atoms with E-state index in [0.717, 1.165) is 37.6 Å². The molecule has 0 amide bonds. The van der Waals surface area contributed by atoms with Crippen LogP contribution in [0.1, 0.15) is 32.6 Å². The first-order chi connectivity index (χ1) is 11.6. The number of rotatable bonds is 9. The highest BCUT2D eigenvalue weighted by Crippen LogP contribution is 2.44. The summed E-state index contributed by atoms with van der Waals surface area (Å²) in [6.45, 7) is 4.31. The van der Waals surface area contributed by atoms with Gasteiger partial charge in [-0.15, -0.1) is 24.0 Å². The van der Waals surface area contributed by atoms with Gasteiger partial charge in [-0.25, -0.2) is 0 Å². The fraction of sp³-hybridized carbons (Fsp3) is 0.611. The first-order valence-corrected chi connectivity index (χ1v) is 8.49. The summed E-state index contributed by atoms with van der Waals surface area (Å²) in [6.07, 6.45) is 4.69. The number of guanidine groups is 1. The van der Waals surface area contributed by atoms with Crippen molar-refractivity contribution >= 4 is 35.6 Å². The van der Waals surface area contributed by atoms with Crippen LogP contribution >= 0.6 is 24.0 Å². The number of nitrogens with one attached hydrogen (secondary N) is 1. The lowest BCUT2D eigenvalue weighted by atomic mass is 9.67. The van der Waals surface area contributed by atoms with Gasteiger partial charge >= 0.3 is 0 Å². The van der Waals surface area contributed by atoms with E-state index in [2.05, 4.69) is 10.3 Å². The topological polar surface area (TPSA) is 78.1 Å². The summed E-state index contributed by atoms with van der Waals surface area (Å²) >= 11 is 0. The average Bonchev–Trinajstić information content (AvgIpc) is 2.56. The molecule has 0 aliphatic heterocycles. The van der Waals surface area contributed by atoms with Crippen LogP contribution in [0.4, 0.5) is 5.69 Å². The van der Waals surface area contributed by atoms with Crippen LogP contribution in [0.3, 0.4) is 0 Å². The molecule has 142 valence electrons. The van der Waals surface area contributed by atoms with E-state index in [1.165, 1.54) is 19.3 Å². The third-order valence-electron chi connectivity index (χ3n) is 4.65. The van der Waals surface area contributed by atoms with Crippen molar-refractivity contribution in [2.75, 3.05) is 39.3 Å². The molecular weight excluding hydrogens is 433 g/mol. The fourth-order valence-corrected chi connectivity index (χ4v) is 2.94. The van der Waals surface area contributed by atoms with Crippen molar-refractivity contribution in [3.8, 4) is 11.5 Å². The van der Waals surface area contributed by atoms with Crippen molar-refractivity contribution in [2.24, 2.45) is 16.1 Å². The van der Waals surface area contributed by atoms with Gasteiger partial charge in [0, 0.05) is 25.8 Å². The van der Waals surface area contributed by atoms with Crippen LogP contribution in [0.5, 0.6) is 11.5 Å². The summed E-state index contributed by atoms with van der Waals surface area (Å²) in [4.78, 5) is 4.55. The van der Waals surface area contributed by atoms with Crippen molar-refractivity contribution in [1.82, 2.24) is 0 Å². The molecular formula is C18H30IN3O3. The summed E-state index contributed by atoms with van der Waals surface area (Å²) in [5.41, 5.74) is 7.07. The predicted molar refractivity (Wildman–Crippen MR) is 112 cm³/mol. The van der Waals surface area contributed by atoms with E-state index in [0.29, 0.717) is 11.7 Å². The first kappa shape index (κ1) is 21.8. The summed E-state index contributed by atoms with van der Waals surface area (Å²) in [6, 6.07) is 5.52. The Bertz CT molecular complexity index is 562. The van der Waals surface area contributed by atoms with Gasteiger partial charge in [0.2, 0.25) is 0 Å². The van der Waals surface area contributed by atoms with Crippen LogP contribution in [-0.2, 0) is 4.74 Å². The number of hydrogen-bond donors (Lipinski definition) is 2. The molecule has 0 bridgehead atoms. The second kappa shape index (κ2) is 10.7. The number of ether oxygens (including phenoxy) is 3. The molecule has 0 spiro atoms. The average molecular weight is 463 g/mol. The Morgan fingerprint density at radius 1 is 1.28 bits per heavy atom. The first-order valence-electron chi connectivity index (χ1n) is 8.49. The minimum absolute atomic E-state index is 0. The molecule has 6 nitrogen and oxygen atoms in total. The zero-order chi connectivity index (χ0) is 17.4. The van der Waals surface area contributed by atoms with Crippen LogP contribution in [0.15, 0.2) is 23.2 Å². The molecule has 0 unspecified atom stereocenters. The second-order valence-corrected chi connectivity index (χ2v) is 6.19. The summed E-state index contributed by atoms with van der Waals surface area (Å²) in [7, 11) is 3.25. The van der Waals surface area contributed by atoms with Gasteiger partial charge in [0.05, 0.1) is 19.9 Å². The number of halogens is 1.